The smallest absolute Gasteiger partial charge is 0.223 e. The van der Waals surface area contributed by atoms with Crippen LogP contribution in [0, 0.1) is 17.3 Å². The maximum absolute atomic E-state index is 12.5. The highest BCUT2D eigenvalue weighted by Crippen LogP contribution is 2.39. The summed E-state index contributed by atoms with van der Waals surface area (Å²) in [7, 11) is 0. The van der Waals surface area contributed by atoms with Crippen molar-refractivity contribution in [3.8, 4) is 0 Å². The van der Waals surface area contributed by atoms with Crippen molar-refractivity contribution >= 4 is 18.3 Å². The van der Waals surface area contributed by atoms with Crippen LogP contribution in [0.15, 0.2) is 0 Å². The summed E-state index contributed by atoms with van der Waals surface area (Å²) >= 11 is 0. The summed E-state index contributed by atoms with van der Waals surface area (Å²) in [5.41, 5.74) is 6.11. The van der Waals surface area contributed by atoms with Crippen LogP contribution in [0.25, 0.3) is 0 Å². The molecule has 0 radical (unpaired) electrons. The van der Waals surface area contributed by atoms with Gasteiger partial charge in [0.1, 0.15) is 0 Å². The molecular weight excluding hydrogens is 272 g/mol. The number of carbonyl (C=O) groups is 1. The number of hydrogen-bond donors (Lipinski definition) is 1. The highest BCUT2D eigenvalue weighted by molar-refractivity contribution is 5.85. The fourth-order valence-electron chi connectivity index (χ4n) is 3.75. The van der Waals surface area contributed by atoms with E-state index in [2.05, 4.69) is 18.7 Å². The molecule has 1 aliphatic carbocycles. The van der Waals surface area contributed by atoms with Gasteiger partial charge in [-0.25, -0.2) is 0 Å². The lowest BCUT2D eigenvalue weighted by Crippen LogP contribution is -2.40. The molecule has 4 heteroatoms. The zero-order valence-corrected chi connectivity index (χ0v) is 13.9. The number of nitrogens with zero attached hydrogens (tertiary/aromatic N) is 1. The molecule has 0 spiro atoms. The normalized spacial score (nSPS) is 25.6. The van der Waals surface area contributed by atoms with Crippen LogP contribution < -0.4 is 5.73 Å². The van der Waals surface area contributed by atoms with Gasteiger partial charge < -0.3 is 10.6 Å². The van der Waals surface area contributed by atoms with Crippen LogP contribution in [-0.2, 0) is 4.79 Å². The Hall–Kier alpha value is -0.280. The fraction of sp³-hybridized carbons (Fsp3) is 0.938. The van der Waals surface area contributed by atoms with Crippen LogP contribution in [-0.4, -0.2) is 30.4 Å². The second kappa shape index (κ2) is 7.65. The molecule has 1 atom stereocenters. The summed E-state index contributed by atoms with van der Waals surface area (Å²) in [4.78, 5) is 14.6. The van der Waals surface area contributed by atoms with Gasteiger partial charge in [-0.3, -0.25) is 4.79 Å². The Labute approximate surface area is 130 Å². The predicted octanol–water partition coefficient (Wildman–Crippen LogP) is 3.21. The summed E-state index contributed by atoms with van der Waals surface area (Å²) in [5.74, 6) is 1.75. The third kappa shape index (κ3) is 4.11. The lowest BCUT2D eigenvalue weighted by molar-refractivity contribution is -0.133. The van der Waals surface area contributed by atoms with Crippen molar-refractivity contribution in [2.45, 2.75) is 58.8 Å². The lowest BCUT2D eigenvalue weighted by atomic mass is 9.71. The minimum absolute atomic E-state index is 0. The minimum atomic E-state index is 0. The third-order valence-electron chi connectivity index (χ3n) is 5.39. The van der Waals surface area contributed by atoms with E-state index in [0.717, 1.165) is 25.9 Å². The molecule has 1 aliphatic heterocycles. The first-order valence-corrected chi connectivity index (χ1v) is 8.04. The highest BCUT2D eigenvalue weighted by Gasteiger charge is 2.36. The van der Waals surface area contributed by atoms with E-state index in [4.69, 9.17) is 5.73 Å². The Morgan fingerprint density at radius 3 is 2.45 bits per heavy atom. The first-order valence-electron chi connectivity index (χ1n) is 8.04. The Morgan fingerprint density at radius 2 is 1.95 bits per heavy atom. The first-order chi connectivity index (χ1) is 9.06. The molecule has 3 nitrogen and oxygen atoms in total. The second-order valence-corrected chi connectivity index (χ2v) is 7.07. The van der Waals surface area contributed by atoms with E-state index in [0.29, 0.717) is 30.7 Å². The van der Waals surface area contributed by atoms with Crippen LogP contribution in [0.2, 0.25) is 0 Å². The maximum atomic E-state index is 12.5. The van der Waals surface area contributed by atoms with Gasteiger partial charge in [0.15, 0.2) is 0 Å². The minimum Gasteiger partial charge on any atom is -0.342 e. The number of hydrogen-bond acceptors (Lipinski definition) is 2. The molecule has 1 heterocycles. The first kappa shape index (κ1) is 17.8. The summed E-state index contributed by atoms with van der Waals surface area (Å²) < 4.78 is 0. The van der Waals surface area contributed by atoms with Gasteiger partial charge in [0.25, 0.3) is 0 Å². The van der Waals surface area contributed by atoms with E-state index in [1.165, 1.54) is 25.7 Å². The van der Waals surface area contributed by atoms with Crippen LogP contribution in [0.4, 0.5) is 0 Å². The number of likely N-dealkylation sites (tertiary alicyclic amines) is 1. The number of amides is 1. The molecule has 20 heavy (non-hydrogen) atoms. The molecule has 1 saturated carbocycles. The van der Waals surface area contributed by atoms with Crippen molar-refractivity contribution < 1.29 is 4.79 Å². The molecule has 0 aromatic carbocycles. The summed E-state index contributed by atoms with van der Waals surface area (Å²) in [6.07, 6.45) is 7.98. The summed E-state index contributed by atoms with van der Waals surface area (Å²) in [5, 5.41) is 0. The van der Waals surface area contributed by atoms with Crippen molar-refractivity contribution in [1.29, 1.82) is 0 Å². The van der Waals surface area contributed by atoms with Gasteiger partial charge in [0, 0.05) is 19.5 Å². The van der Waals surface area contributed by atoms with E-state index in [1.807, 2.05) is 0 Å². The van der Waals surface area contributed by atoms with Crippen molar-refractivity contribution in [3.05, 3.63) is 0 Å². The third-order valence-corrected chi connectivity index (χ3v) is 5.39. The van der Waals surface area contributed by atoms with E-state index >= 15 is 0 Å². The Balaban J connectivity index is 0.00000200. The molecule has 118 valence electrons. The van der Waals surface area contributed by atoms with Gasteiger partial charge in [-0.15, -0.1) is 12.4 Å². The van der Waals surface area contributed by atoms with Gasteiger partial charge in [-0.1, -0.05) is 33.1 Å². The Bertz CT molecular complexity index is 314. The predicted molar refractivity (Wildman–Crippen MR) is 86.0 cm³/mol. The van der Waals surface area contributed by atoms with Crippen LogP contribution >= 0.6 is 12.4 Å². The molecule has 1 saturated heterocycles. The average molecular weight is 303 g/mol. The highest BCUT2D eigenvalue weighted by atomic mass is 35.5. The largest absolute Gasteiger partial charge is 0.342 e. The topological polar surface area (TPSA) is 46.3 Å². The molecule has 2 N–H and O–H groups in total. The molecule has 2 rings (SSSR count). The van der Waals surface area contributed by atoms with Crippen LogP contribution in [0.1, 0.15) is 58.8 Å². The number of carbonyl (C=O) groups excluding carboxylic acids is 1. The molecule has 0 aromatic heterocycles. The van der Waals surface area contributed by atoms with Gasteiger partial charge >= 0.3 is 0 Å². The van der Waals surface area contributed by atoms with E-state index in [1.54, 1.807) is 0 Å². The van der Waals surface area contributed by atoms with Crippen molar-refractivity contribution in [3.63, 3.8) is 0 Å². The summed E-state index contributed by atoms with van der Waals surface area (Å²) in [6.45, 7) is 7.14. The standard InChI is InChI=1S/C16H30N2O.ClH/c1-13(2)14-6-9-18(11-14)15(19)10-16(12-17)7-4-3-5-8-16;/h13-14H,3-12,17H2,1-2H3;1H. The average Bonchev–Trinajstić information content (AvgIpc) is 2.89. The molecule has 1 amide bonds. The zero-order valence-electron chi connectivity index (χ0n) is 13.1. The van der Waals surface area contributed by atoms with E-state index < -0.39 is 0 Å². The number of halogens is 1. The Morgan fingerprint density at radius 1 is 1.30 bits per heavy atom. The van der Waals surface area contributed by atoms with Gasteiger partial charge in [-0.05, 0) is 43.1 Å². The maximum Gasteiger partial charge on any atom is 0.223 e. The van der Waals surface area contributed by atoms with Crippen molar-refractivity contribution in [2.75, 3.05) is 19.6 Å². The SMILES string of the molecule is CC(C)C1CCN(C(=O)CC2(CN)CCCCC2)C1.Cl. The lowest BCUT2D eigenvalue weighted by Gasteiger charge is -2.36. The van der Waals surface area contributed by atoms with Crippen LogP contribution in [0.5, 0.6) is 0 Å². The van der Waals surface area contributed by atoms with Gasteiger partial charge in [-0.2, -0.15) is 0 Å². The van der Waals surface area contributed by atoms with E-state index in [9.17, 15) is 4.79 Å². The molecule has 0 aromatic rings. The quantitative estimate of drug-likeness (QED) is 0.867. The summed E-state index contributed by atoms with van der Waals surface area (Å²) in [6, 6.07) is 0. The zero-order chi connectivity index (χ0) is 13.9. The number of nitrogens with two attached hydrogens (primary N) is 1. The van der Waals surface area contributed by atoms with Gasteiger partial charge in [0.2, 0.25) is 5.91 Å². The molecule has 2 aliphatic rings. The monoisotopic (exact) mass is 302 g/mol. The van der Waals surface area contributed by atoms with Crippen LogP contribution in [0.3, 0.4) is 0 Å². The van der Waals surface area contributed by atoms with Crippen molar-refractivity contribution in [1.82, 2.24) is 4.90 Å². The molecule has 0 bridgehead atoms. The molecule has 2 fully saturated rings. The second-order valence-electron chi connectivity index (χ2n) is 7.07. The molecular formula is C16H31ClN2O. The molecule has 1 unspecified atom stereocenters. The fourth-order valence-corrected chi connectivity index (χ4v) is 3.75. The Kier molecular flexibility index (Phi) is 6.80. The van der Waals surface area contributed by atoms with E-state index in [-0.39, 0.29) is 17.8 Å². The van der Waals surface area contributed by atoms with Gasteiger partial charge in [0.05, 0.1) is 0 Å². The van der Waals surface area contributed by atoms with Crippen molar-refractivity contribution in [2.24, 2.45) is 23.0 Å². The number of rotatable bonds is 4.